The quantitative estimate of drug-likeness (QED) is 0.200. The second-order valence-corrected chi connectivity index (χ2v) is 9.28. The van der Waals surface area contributed by atoms with Gasteiger partial charge >= 0.3 is 0 Å². The molecule has 4 rings (SSSR count). The number of ether oxygens (including phenoxy) is 3. The number of benzene rings is 3. The highest BCUT2D eigenvalue weighted by Gasteiger charge is 2.33. The summed E-state index contributed by atoms with van der Waals surface area (Å²) in [6, 6.07) is 22.9. The first-order valence-electron chi connectivity index (χ1n) is 10.9. The molecule has 0 spiro atoms. The van der Waals surface area contributed by atoms with Crippen LogP contribution in [-0.2, 0) is 4.79 Å². The van der Waals surface area contributed by atoms with Crippen LogP contribution in [0.25, 0.3) is 6.08 Å². The van der Waals surface area contributed by atoms with Gasteiger partial charge in [-0.25, -0.2) is 0 Å². The van der Waals surface area contributed by atoms with Crippen LogP contribution in [-0.4, -0.2) is 30.6 Å². The molecule has 1 aliphatic heterocycles. The van der Waals surface area contributed by atoms with Gasteiger partial charge in [0, 0.05) is 6.42 Å². The molecule has 7 heteroatoms. The van der Waals surface area contributed by atoms with Gasteiger partial charge in [-0.2, -0.15) is 0 Å². The zero-order valence-corrected chi connectivity index (χ0v) is 20.7. The Morgan fingerprint density at radius 3 is 2.35 bits per heavy atom. The average Bonchev–Trinajstić information content (AvgIpc) is 3.12. The largest absolute Gasteiger partial charge is 0.497 e. The Labute approximate surface area is 209 Å². The number of hydrogen-bond acceptors (Lipinski definition) is 6. The Morgan fingerprint density at radius 2 is 1.62 bits per heavy atom. The molecule has 34 heavy (non-hydrogen) atoms. The van der Waals surface area contributed by atoms with Crippen molar-refractivity contribution in [2.75, 3.05) is 25.2 Å². The van der Waals surface area contributed by atoms with E-state index >= 15 is 0 Å². The zero-order chi connectivity index (χ0) is 23.9. The van der Waals surface area contributed by atoms with Crippen LogP contribution in [0, 0.1) is 6.92 Å². The van der Waals surface area contributed by atoms with Gasteiger partial charge in [0.15, 0.2) is 4.32 Å². The average molecular weight is 492 g/mol. The van der Waals surface area contributed by atoms with E-state index in [9.17, 15) is 4.79 Å². The third-order valence-electron chi connectivity index (χ3n) is 5.19. The zero-order valence-electron chi connectivity index (χ0n) is 19.0. The fourth-order valence-corrected chi connectivity index (χ4v) is 4.73. The van der Waals surface area contributed by atoms with Crippen molar-refractivity contribution < 1.29 is 19.0 Å². The topological polar surface area (TPSA) is 48.0 Å². The molecule has 5 nitrogen and oxygen atoms in total. The van der Waals surface area contributed by atoms with Gasteiger partial charge < -0.3 is 14.2 Å². The number of aryl methyl sites for hydroxylation is 1. The number of para-hydroxylation sites is 1. The summed E-state index contributed by atoms with van der Waals surface area (Å²) in [5, 5.41) is 0. The van der Waals surface area contributed by atoms with Gasteiger partial charge in [0.05, 0.1) is 30.9 Å². The molecule has 0 aromatic heterocycles. The molecule has 0 radical (unpaired) electrons. The van der Waals surface area contributed by atoms with Crippen LogP contribution in [0.1, 0.15) is 17.5 Å². The van der Waals surface area contributed by atoms with Crippen molar-refractivity contribution in [2.45, 2.75) is 13.3 Å². The van der Waals surface area contributed by atoms with Crippen LogP contribution in [0.3, 0.4) is 0 Å². The van der Waals surface area contributed by atoms with E-state index in [1.807, 2.05) is 85.8 Å². The minimum atomic E-state index is -0.105. The number of carbonyl (C=O) groups is 1. The summed E-state index contributed by atoms with van der Waals surface area (Å²) in [6.07, 6.45) is 2.60. The summed E-state index contributed by atoms with van der Waals surface area (Å²) in [6.45, 7) is 3.04. The van der Waals surface area contributed by atoms with Gasteiger partial charge in [0.25, 0.3) is 5.91 Å². The predicted octanol–water partition coefficient (Wildman–Crippen LogP) is 6.26. The van der Waals surface area contributed by atoms with Crippen molar-refractivity contribution in [2.24, 2.45) is 0 Å². The lowest BCUT2D eigenvalue weighted by Gasteiger charge is -2.16. The summed E-state index contributed by atoms with van der Waals surface area (Å²) >= 11 is 6.81. The number of hydrogen-bond donors (Lipinski definition) is 0. The van der Waals surface area contributed by atoms with Gasteiger partial charge in [-0.1, -0.05) is 54.3 Å². The SMILES string of the molecule is COc1ccc(OCCCOc2cccc(C=C3SC(=S)N(c4ccccc4C)C3=O)c2)cc1. The number of anilines is 1. The molecule has 1 saturated heterocycles. The number of methoxy groups -OCH3 is 1. The highest BCUT2D eigenvalue weighted by atomic mass is 32.2. The van der Waals surface area contributed by atoms with Crippen molar-refractivity contribution in [3.8, 4) is 17.2 Å². The molecule has 1 amide bonds. The van der Waals surface area contributed by atoms with E-state index in [0.717, 1.165) is 40.5 Å². The van der Waals surface area contributed by atoms with Crippen LogP contribution >= 0.6 is 24.0 Å². The highest BCUT2D eigenvalue weighted by molar-refractivity contribution is 8.27. The van der Waals surface area contributed by atoms with E-state index in [0.29, 0.717) is 22.4 Å². The number of carbonyl (C=O) groups excluding carboxylic acids is 1. The summed E-state index contributed by atoms with van der Waals surface area (Å²) in [7, 11) is 1.64. The molecular weight excluding hydrogens is 466 g/mol. The Kier molecular flexibility index (Phi) is 7.87. The normalized spacial score (nSPS) is 14.5. The highest BCUT2D eigenvalue weighted by Crippen LogP contribution is 2.37. The first-order chi connectivity index (χ1) is 16.5. The first-order valence-corrected chi connectivity index (χ1v) is 12.1. The lowest BCUT2D eigenvalue weighted by molar-refractivity contribution is -0.113. The van der Waals surface area contributed by atoms with Gasteiger partial charge in [-0.05, 0) is 66.6 Å². The van der Waals surface area contributed by atoms with Crippen molar-refractivity contribution in [1.82, 2.24) is 0 Å². The molecular formula is C27H25NO4S2. The van der Waals surface area contributed by atoms with Crippen molar-refractivity contribution in [1.29, 1.82) is 0 Å². The molecule has 1 fully saturated rings. The molecule has 1 aliphatic rings. The second kappa shape index (κ2) is 11.2. The maximum Gasteiger partial charge on any atom is 0.270 e. The van der Waals surface area contributed by atoms with Crippen LogP contribution in [0.5, 0.6) is 17.2 Å². The molecule has 0 saturated carbocycles. The van der Waals surface area contributed by atoms with E-state index in [1.54, 1.807) is 12.0 Å². The number of amides is 1. The smallest absolute Gasteiger partial charge is 0.270 e. The number of nitrogens with zero attached hydrogens (tertiary/aromatic N) is 1. The maximum atomic E-state index is 13.1. The van der Waals surface area contributed by atoms with Gasteiger partial charge in [0.2, 0.25) is 0 Å². The molecule has 0 unspecified atom stereocenters. The number of thioether (sulfide) groups is 1. The molecule has 0 bridgehead atoms. The maximum absolute atomic E-state index is 13.1. The summed E-state index contributed by atoms with van der Waals surface area (Å²) < 4.78 is 17.3. The number of rotatable bonds is 9. The van der Waals surface area contributed by atoms with Crippen LogP contribution in [0.2, 0.25) is 0 Å². The van der Waals surface area contributed by atoms with Crippen LogP contribution in [0.4, 0.5) is 5.69 Å². The van der Waals surface area contributed by atoms with E-state index in [2.05, 4.69) is 0 Å². The van der Waals surface area contributed by atoms with Crippen LogP contribution in [0.15, 0.2) is 77.7 Å². The lowest BCUT2D eigenvalue weighted by Crippen LogP contribution is -2.28. The third-order valence-corrected chi connectivity index (χ3v) is 6.49. The molecule has 3 aromatic carbocycles. The second-order valence-electron chi connectivity index (χ2n) is 7.60. The molecule has 0 aliphatic carbocycles. The fourth-order valence-electron chi connectivity index (χ4n) is 3.45. The monoisotopic (exact) mass is 491 g/mol. The Balaban J connectivity index is 1.33. The van der Waals surface area contributed by atoms with Crippen molar-refractivity contribution in [3.05, 3.63) is 88.8 Å². The molecule has 174 valence electrons. The lowest BCUT2D eigenvalue weighted by atomic mass is 10.1. The summed E-state index contributed by atoms with van der Waals surface area (Å²) in [4.78, 5) is 15.2. The Hall–Kier alpha value is -3.29. The van der Waals surface area contributed by atoms with Gasteiger partial charge in [0.1, 0.15) is 17.2 Å². The van der Waals surface area contributed by atoms with Crippen LogP contribution < -0.4 is 19.1 Å². The summed E-state index contributed by atoms with van der Waals surface area (Å²) in [5.74, 6) is 2.23. The minimum Gasteiger partial charge on any atom is -0.497 e. The summed E-state index contributed by atoms with van der Waals surface area (Å²) in [5.41, 5.74) is 2.71. The van der Waals surface area contributed by atoms with Gasteiger partial charge in [-0.15, -0.1) is 0 Å². The molecule has 0 atom stereocenters. The first kappa shape index (κ1) is 23.9. The number of thiocarbonyl (C=S) groups is 1. The molecule has 3 aromatic rings. The van der Waals surface area contributed by atoms with E-state index in [1.165, 1.54) is 11.8 Å². The minimum absolute atomic E-state index is 0.105. The fraction of sp³-hybridized carbons (Fsp3) is 0.185. The Morgan fingerprint density at radius 1 is 0.912 bits per heavy atom. The third kappa shape index (κ3) is 5.79. The van der Waals surface area contributed by atoms with E-state index in [-0.39, 0.29) is 5.91 Å². The van der Waals surface area contributed by atoms with Crippen molar-refractivity contribution in [3.63, 3.8) is 0 Å². The Bertz CT molecular complexity index is 1210. The predicted molar refractivity (Wildman–Crippen MR) is 142 cm³/mol. The van der Waals surface area contributed by atoms with Gasteiger partial charge in [-0.3, -0.25) is 9.69 Å². The van der Waals surface area contributed by atoms with E-state index < -0.39 is 0 Å². The standard InChI is InChI=1S/C27H25NO4S2/c1-19-7-3-4-10-24(19)28-26(29)25(34-27(28)33)18-20-8-5-9-23(17-20)32-16-6-15-31-22-13-11-21(30-2)12-14-22/h3-5,7-14,17-18H,6,15-16H2,1-2H3. The molecule has 0 N–H and O–H groups in total. The molecule has 1 heterocycles. The van der Waals surface area contributed by atoms with Crippen molar-refractivity contribution >= 4 is 46.0 Å². The van der Waals surface area contributed by atoms with E-state index in [4.69, 9.17) is 26.4 Å².